The van der Waals surface area contributed by atoms with Crippen LogP contribution in [0.5, 0.6) is 0 Å². The number of fused-ring (bicyclic) bond motifs is 1. The molecule has 0 bridgehead atoms. The van der Waals surface area contributed by atoms with Crippen molar-refractivity contribution in [3.8, 4) is 6.07 Å². The fourth-order valence-electron chi connectivity index (χ4n) is 2.58. The van der Waals surface area contributed by atoms with Gasteiger partial charge in [0.05, 0.1) is 11.2 Å². The minimum Gasteiger partial charge on any atom is -0.381 e. The van der Waals surface area contributed by atoms with Crippen LogP contribution in [0.4, 0.5) is 5.69 Å². The first-order valence-corrected chi connectivity index (χ1v) is 7.21. The number of anilines is 1. The van der Waals surface area contributed by atoms with Crippen LogP contribution < -0.4 is 10.6 Å². The van der Waals surface area contributed by atoms with Gasteiger partial charge >= 0.3 is 0 Å². The maximum absolute atomic E-state index is 9.21. The molecular formula is C15H18N6. The highest BCUT2D eigenvalue weighted by Gasteiger charge is 2.12. The Morgan fingerprint density at radius 1 is 1.24 bits per heavy atom. The predicted molar refractivity (Wildman–Crippen MR) is 82.1 cm³/mol. The molecule has 1 aliphatic rings. The van der Waals surface area contributed by atoms with Gasteiger partial charge in [-0.3, -0.25) is 4.90 Å². The molecule has 2 aromatic rings. The molecule has 1 aromatic heterocycles. The van der Waals surface area contributed by atoms with Gasteiger partial charge in [-0.1, -0.05) is 18.2 Å². The average molecular weight is 282 g/mol. The lowest BCUT2D eigenvalue weighted by Gasteiger charge is -2.27. The van der Waals surface area contributed by atoms with Crippen LogP contribution in [0.1, 0.15) is 5.69 Å². The summed E-state index contributed by atoms with van der Waals surface area (Å²) in [5.74, 6) is 0. The summed E-state index contributed by atoms with van der Waals surface area (Å²) in [4.78, 5) is 2.41. The van der Waals surface area contributed by atoms with Crippen molar-refractivity contribution in [3.05, 3.63) is 30.0 Å². The molecule has 1 saturated heterocycles. The van der Waals surface area contributed by atoms with Crippen LogP contribution in [-0.2, 0) is 0 Å². The molecule has 1 aliphatic heterocycles. The third-order valence-corrected chi connectivity index (χ3v) is 3.71. The van der Waals surface area contributed by atoms with E-state index in [1.807, 2.05) is 24.3 Å². The summed E-state index contributed by atoms with van der Waals surface area (Å²) in [6.07, 6.45) is 0. The van der Waals surface area contributed by atoms with Crippen molar-refractivity contribution >= 4 is 16.6 Å². The summed E-state index contributed by atoms with van der Waals surface area (Å²) in [6.45, 7) is 5.99. The Hall–Kier alpha value is -2.23. The largest absolute Gasteiger partial charge is 0.381 e. The van der Waals surface area contributed by atoms with E-state index in [9.17, 15) is 5.26 Å². The number of hydrogen-bond donors (Lipinski definition) is 2. The van der Waals surface area contributed by atoms with E-state index in [1.54, 1.807) is 0 Å². The van der Waals surface area contributed by atoms with E-state index < -0.39 is 0 Å². The summed E-state index contributed by atoms with van der Waals surface area (Å²) in [5, 5.41) is 24.9. The maximum atomic E-state index is 9.21. The Labute approximate surface area is 123 Å². The summed E-state index contributed by atoms with van der Waals surface area (Å²) < 4.78 is 0. The van der Waals surface area contributed by atoms with Gasteiger partial charge in [-0.15, -0.1) is 10.2 Å². The van der Waals surface area contributed by atoms with Crippen molar-refractivity contribution in [2.75, 3.05) is 44.6 Å². The van der Waals surface area contributed by atoms with Gasteiger partial charge in [-0.05, 0) is 6.07 Å². The van der Waals surface area contributed by atoms with Gasteiger partial charge in [0.1, 0.15) is 6.07 Å². The SMILES string of the molecule is N#Cc1nnc2ccccc2c1NCCN1CCNCC1. The first-order chi connectivity index (χ1) is 10.4. The van der Waals surface area contributed by atoms with E-state index >= 15 is 0 Å². The van der Waals surface area contributed by atoms with Gasteiger partial charge in [0.2, 0.25) is 0 Å². The van der Waals surface area contributed by atoms with E-state index in [1.165, 1.54) is 0 Å². The molecule has 1 aromatic carbocycles. The predicted octanol–water partition coefficient (Wildman–Crippen LogP) is 0.819. The first-order valence-electron chi connectivity index (χ1n) is 7.21. The molecule has 0 spiro atoms. The molecule has 1 fully saturated rings. The van der Waals surface area contributed by atoms with Crippen molar-refractivity contribution in [1.29, 1.82) is 5.26 Å². The molecule has 2 N–H and O–H groups in total. The van der Waals surface area contributed by atoms with Gasteiger partial charge in [0.25, 0.3) is 0 Å². The second-order valence-electron chi connectivity index (χ2n) is 5.07. The number of nitriles is 1. The number of hydrogen-bond acceptors (Lipinski definition) is 6. The van der Waals surface area contributed by atoms with Crippen molar-refractivity contribution in [2.24, 2.45) is 0 Å². The highest BCUT2D eigenvalue weighted by atomic mass is 15.2. The highest BCUT2D eigenvalue weighted by molar-refractivity contribution is 5.92. The molecule has 21 heavy (non-hydrogen) atoms. The molecule has 0 amide bonds. The molecule has 108 valence electrons. The normalized spacial score (nSPS) is 15.8. The molecular weight excluding hydrogens is 264 g/mol. The third-order valence-electron chi connectivity index (χ3n) is 3.71. The second kappa shape index (κ2) is 6.48. The molecule has 0 saturated carbocycles. The Balaban J connectivity index is 1.74. The summed E-state index contributed by atoms with van der Waals surface area (Å²) in [7, 11) is 0. The number of nitrogens with zero attached hydrogens (tertiary/aromatic N) is 4. The maximum Gasteiger partial charge on any atom is 0.186 e. The molecule has 0 unspecified atom stereocenters. The molecule has 0 aliphatic carbocycles. The number of piperazine rings is 1. The molecule has 6 heteroatoms. The summed E-state index contributed by atoms with van der Waals surface area (Å²) in [6, 6.07) is 9.87. The first kappa shape index (κ1) is 13.7. The van der Waals surface area contributed by atoms with E-state index in [0.717, 1.165) is 55.9 Å². The number of aromatic nitrogens is 2. The standard InChI is InChI=1S/C15H18N6/c16-11-14-15(12-3-1-2-4-13(12)19-20-14)18-7-10-21-8-5-17-6-9-21/h1-4,17H,5-10H2,(H,18,19). The molecule has 2 heterocycles. The van der Waals surface area contributed by atoms with E-state index in [0.29, 0.717) is 5.69 Å². The van der Waals surface area contributed by atoms with Gasteiger partial charge in [0, 0.05) is 44.7 Å². The number of nitrogens with one attached hydrogen (secondary N) is 2. The van der Waals surface area contributed by atoms with E-state index in [4.69, 9.17) is 0 Å². The third kappa shape index (κ3) is 3.10. The van der Waals surface area contributed by atoms with Crippen LogP contribution in [0.15, 0.2) is 24.3 Å². The van der Waals surface area contributed by atoms with Gasteiger partial charge < -0.3 is 10.6 Å². The van der Waals surface area contributed by atoms with Crippen molar-refractivity contribution in [3.63, 3.8) is 0 Å². The number of benzene rings is 1. The lowest BCUT2D eigenvalue weighted by atomic mass is 10.1. The molecule has 6 nitrogen and oxygen atoms in total. The van der Waals surface area contributed by atoms with Crippen LogP contribution in [0.2, 0.25) is 0 Å². The Kier molecular flexibility index (Phi) is 4.24. The number of rotatable bonds is 4. The second-order valence-corrected chi connectivity index (χ2v) is 5.07. The minimum atomic E-state index is 0.356. The van der Waals surface area contributed by atoms with Crippen LogP contribution >= 0.6 is 0 Å². The van der Waals surface area contributed by atoms with Crippen molar-refractivity contribution < 1.29 is 0 Å². The Morgan fingerprint density at radius 3 is 2.86 bits per heavy atom. The zero-order valence-electron chi connectivity index (χ0n) is 11.8. The lowest BCUT2D eigenvalue weighted by molar-refractivity contribution is 0.249. The molecule has 0 atom stereocenters. The van der Waals surface area contributed by atoms with Gasteiger partial charge in [0.15, 0.2) is 5.69 Å². The fraction of sp³-hybridized carbons (Fsp3) is 0.400. The quantitative estimate of drug-likeness (QED) is 0.864. The average Bonchev–Trinajstić information content (AvgIpc) is 2.56. The molecule has 3 rings (SSSR count). The van der Waals surface area contributed by atoms with Crippen LogP contribution in [0.25, 0.3) is 10.9 Å². The lowest BCUT2D eigenvalue weighted by Crippen LogP contribution is -2.45. The topological polar surface area (TPSA) is 76.9 Å². The van der Waals surface area contributed by atoms with E-state index in [-0.39, 0.29) is 0 Å². The van der Waals surface area contributed by atoms with Crippen LogP contribution in [-0.4, -0.2) is 54.4 Å². The highest BCUT2D eigenvalue weighted by Crippen LogP contribution is 2.23. The van der Waals surface area contributed by atoms with E-state index in [2.05, 4.69) is 31.8 Å². The van der Waals surface area contributed by atoms with Crippen LogP contribution in [0, 0.1) is 11.3 Å². The fourth-order valence-corrected chi connectivity index (χ4v) is 2.58. The zero-order chi connectivity index (χ0) is 14.5. The Morgan fingerprint density at radius 2 is 2.05 bits per heavy atom. The van der Waals surface area contributed by atoms with Crippen LogP contribution in [0.3, 0.4) is 0 Å². The summed E-state index contributed by atoms with van der Waals surface area (Å²) >= 11 is 0. The van der Waals surface area contributed by atoms with Crippen molar-refractivity contribution in [1.82, 2.24) is 20.4 Å². The molecule has 0 radical (unpaired) electrons. The van der Waals surface area contributed by atoms with Gasteiger partial charge in [-0.2, -0.15) is 5.26 Å². The van der Waals surface area contributed by atoms with Crippen molar-refractivity contribution in [2.45, 2.75) is 0 Å². The summed E-state index contributed by atoms with van der Waals surface area (Å²) in [5.41, 5.74) is 1.95. The monoisotopic (exact) mass is 282 g/mol. The van der Waals surface area contributed by atoms with Gasteiger partial charge in [-0.25, -0.2) is 0 Å². The zero-order valence-corrected chi connectivity index (χ0v) is 11.8. The smallest absolute Gasteiger partial charge is 0.186 e. The minimum absolute atomic E-state index is 0.356. The Bertz CT molecular complexity index is 657.